The molecule has 1 saturated carbocycles. The van der Waals surface area contributed by atoms with Gasteiger partial charge in [-0.2, -0.15) is 0 Å². The van der Waals surface area contributed by atoms with Crippen molar-refractivity contribution in [3.8, 4) is 0 Å². The van der Waals surface area contributed by atoms with E-state index in [1.54, 1.807) is 6.20 Å². The molecule has 3 amide bonds. The van der Waals surface area contributed by atoms with Crippen molar-refractivity contribution in [2.75, 3.05) is 45.9 Å². The molecule has 0 radical (unpaired) electrons. The number of likely N-dealkylation sites (tertiary alicyclic amines) is 1. The summed E-state index contributed by atoms with van der Waals surface area (Å²) in [5.41, 5.74) is 0.907. The highest BCUT2D eigenvalue weighted by Crippen LogP contribution is 2.36. The number of carbonyl (C=O) groups is 3. The average molecular weight is 574 g/mol. The van der Waals surface area contributed by atoms with E-state index in [4.69, 9.17) is 16.3 Å². The number of piperazine rings is 1. The van der Waals surface area contributed by atoms with Crippen molar-refractivity contribution in [2.45, 2.75) is 82.8 Å². The van der Waals surface area contributed by atoms with Crippen LogP contribution in [0.5, 0.6) is 0 Å². The Morgan fingerprint density at radius 1 is 1.02 bits per heavy atom. The molecule has 0 unspecified atom stereocenters. The standard InChI is InChI=1S/C30H44ClN5O4/c1-20-17-34(12-13-36(20)30(39)28(33-21(2)37)22-6-4-3-5-7-22)29(38)26-19-35(24-10-14-40-15-11-24)18-25(26)27-9-8-23(31)16-32-27/h8-9,16,20,22,24-26,28H,3-7,10-15,17-19H2,1-2H3,(H,33,37)/t20-,25-,26-,28+/m1/s1. The molecule has 1 aliphatic carbocycles. The quantitative estimate of drug-likeness (QED) is 0.562. The molecule has 220 valence electrons. The smallest absolute Gasteiger partial charge is 0.245 e. The number of hydrogen-bond donors (Lipinski definition) is 1. The van der Waals surface area contributed by atoms with Crippen molar-refractivity contribution in [3.63, 3.8) is 0 Å². The van der Waals surface area contributed by atoms with Crippen LogP contribution in [0.25, 0.3) is 0 Å². The van der Waals surface area contributed by atoms with Crippen LogP contribution in [0.2, 0.25) is 5.02 Å². The Morgan fingerprint density at radius 3 is 2.42 bits per heavy atom. The fourth-order valence-corrected chi connectivity index (χ4v) is 7.42. The molecule has 4 heterocycles. The highest BCUT2D eigenvalue weighted by molar-refractivity contribution is 6.30. The fourth-order valence-electron chi connectivity index (χ4n) is 7.31. The molecule has 3 saturated heterocycles. The summed E-state index contributed by atoms with van der Waals surface area (Å²) in [6.07, 6.45) is 8.95. The Labute approximate surface area is 242 Å². The second-order valence-electron chi connectivity index (χ2n) is 12.2. The van der Waals surface area contributed by atoms with Crippen molar-refractivity contribution < 1.29 is 19.1 Å². The molecule has 5 rings (SSSR count). The van der Waals surface area contributed by atoms with Crippen LogP contribution in [-0.4, -0.2) is 101 Å². The van der Waals surface area contributed by atoms with E-state index in [-0.39, 0.29) is 41.5 Å². The molecule has 0 aromatic carbocycles. The molecule has 4 atom stereocenters. The summed E-state index contributed by atoms with van der Waals surface area (Å²) >= 11 is 6.13. The first-order chi connectivity index (χ1) is 19.3. The average Bonchev–Trinajstić information content (AvgIpc) is 3.42. The minimum absolute atomic E-state index is 0.00183. The van der Waals surface area contributed by atoms with Gasteiger partial charge in [-0.1, -0.05) is 30.9 Å². The predicted molar refractivity (Wildman–Crippen MR) is 153 cm³/mol. The summed E-state index contributed by atoms with van der Waals surface area (Å²) in [6, 6.07) is 3.62. The lowest BCUT2D eigenvalue weighted by Crippen LogP contribution is -2.61. The molecule has 1 aromatic rings. The molecule has 4 aliphatic rings. The first-order valence-electron chi connectivity index (χ1n) is 15.1. The lowest BCUT2D eigenvalue weighted by atomic mass is 9.83. The number of hydrogen-bond acceptors (Lipinski definition) is 6. The van der Waals surface area contributed by atoms with Crippen LogP contribution in [0.3, 0.4) is 0 Å². The monoisotopic (exact) mass is 573 g/mol. The van der Waals surface area contributed by atoms with Crippen LogP contribution in [0, 0.1) is 11.8 Å². The number of pyridine rings is 1. The third kappa shape index (κ3) is 6.63. The molecule has 0 bridgehead atoms. The molecular weight excluding hydrogens is 530 g/mol. The van der Waals surface area contributed by atoms with E-state index >= 15 is 0 Å². The number of amides is 3. The van der Waals surface area contributed by atoms with Gasteiger partial charge >= 0.3 is 0 Å². The molecule has 10 heteroatoms. The Hall–Kier alpha value is -2.23. The van der Waals surface area contributed by atoms with Gasteiger partial charge in [-0.15, -0.1) is 0 Å². The zero-order chi connectivity index (χ0) is 28.2. The van der Waals surface area contributed by atoms with Gasteiger partial charge < -0.3 is 19.9 Å². The van der Waals surface area contributed by atoms with Gasteiger partial charge in [0.25, 0.3) is 0 Å². The zero-order valence-corrected chi connectivity index (χ0v) is 24.7. The SMILES string of the molecule is CC(=O)N[C@H](C(=O)N1CCN(C(=O)[C@@H]2CN(C3CCOCC3)C[C@H]2c2ccc(Cl)cn2)C[C@H]1C)C1CCCCC1. The summed E-state index contributed by atoms with van der Waals surface area (Å²) in [5, 5.41) is 3.56. The van der Waals surface area contributed by atoms with Crippen molar-refractivity contribution in [1.82, 2.24) is 25.0 Å². The Balaban J connectivity index is 1.28. The van der Waals surface area contributed by atoms with Gasteiger partial charge in [0, 0.05) is 82.8 Å². The van der Waals surface area contributed by atoms with Crippen molar-refractivity contribution in [3.05, 3.63) is 29.0 Å². The topological polar surface area (TPSA) is 95.1 Å². The summed E-state index contributed by atoms with van der Waals surface area (Å²) < 4.78 is 5.59. The summed E-state index contributed by atoms with van der Waals surface area (Å²) in [5.74, 6) is -0.0438. The van der Waals surface area contributed by atoms with Gasteiger partial charge in [-0.05, 0) is 50.7 Å². The highest BCUT2D eigenvalue weighted by atomic mass is 35.5. The largest absolute Gasteiger partial charge is 0.381 e. The molecular formula is C30H44ClN5O4. The summed E-state index contributed by atoms with van der Waals surface area (Å²) in [7, 11) is 0. The van der Waals surface area contributed by atoms with Crippen molar-refractivity contribution in [1.29, 1.82) is 0 Å². The molecule has 40 heavy (non-hydrogen) atoms. The fraction of sp³-hybridized carbons (Fsp3) is 0.733. The third-order valence-electron chi connectivity index (χ3n) is 9.47. The minimum Gasteiger partial charge on any atom is -0.381 e. The molecule has 4 fully saturated rings. The Morgan fingerprint density at radius 2 is 1.77 bits per heavy atom. The molecule has 1 aromatic heterocycles. The third-order valence-corrected chi connectivity index (χ3v) is 9.69. The lowest BCUT2D eigenvalue weighted by molar-refractivity contribution is -0.147. The van der Waals surface area contributed by atoms with Gasteiger partial charge in [0.2, 0.25) is 17.7 Å². The van der Waals surface area contributed by atoms with Gasteiger partial charge in [0.05, 0.1) is 10.9 Å². The predicted octanol–water partition coefficient (Wildman–Crippen LogP) is 3.07. The molecule has 1 N–H and O–H groups in total. The molecule has 9 nitrogen and oxygen atoms in total. The van der Waals surface area contributed by atoms with E-state index in [0.29, 0.717) is 37.2 Å². The van der Waals surface area contributed by atoms with Crippen LogP contribution >= 0.6 is 11.6 Å². The summed E-state index contributed by atoms with van der Waals surface area (Å²) in [4.78, 5) is 50.7. The normalized spacial score (nSPS) is 27.9. The van der Waals surface area contributed by atoms with E-state index in [2.05, 4.69) is 15.2 Å². The number of nitrogens with one attached hydrogen (secondary N) is 1. The van der Waals surface area contributed by atoms with E-state index in [9.17, 15) is 14.4 Å². The van der Waals surface area contributed by atoms with Crippen LogP contribution in [0.1, 0.15) is 70.4 Å². The first kappa shape index (κ1) is 29.3. The zero-order valence-electron chi connectivity index (χ0n) is 23.9. The van der Waals surface area contributed by atoms with Crippen LogP contribution in [0.4, 0.5) is 0 Å². The van der Waals surface area contributed by atoms with E-state index in [1.807, 2.05) is 28.9 Å². The van der Waals surface area contributed by atoms with E-state index in [1.165, 1.54) is 13.3 Å². The van der Waals surface area contributed by atoms with Gasteiger partial charge in [0.15, 0.2) is 0 Å². The van der Waals surface area contributed by atoms with Crippen molar-refractivity contribution >= 4 is 29.3 Å². The number of ether oxygens (including phenoxy) is 1. The van der Waals surface area contributed by atoms with E-state index in [0.717, 1.165) is 64.0 Å². The second kappa shape index (κ2) is 13.2. The molecule has 0 spiro atoms. The van der Waals surface area contributed by atoms with Gasteiger partial charge in [-0.25, -0.2) is 0 Å². The highest BCUT2D eigenvalue weighted by Gasteiger charge is 2.45. The Kier molecular flexibility index (Phi) is 9.64. The van der Waals surface area contributed by atoms with Crippen molar-refractivity contribution in [2.24, 2.45) is 11.8 Å². The summed E-state index contributed by atoms with van der Waals surface area (Å²) in [6.45, 7) is 8.01. The number of halogens is 1. The van der Waals surface area contributed by atoms with Crippen LogP contribution < -0.4 is 5.32 Å². The first-order valence-corrected chi connectivity index (χ1v) is 15.5. The molecule has 3 aliphatic heterocycles. The lowest BCUT2D eigenvalue weighted by Gasteiger charge is -2.43. The minimum atomic E-state index is -0.481. The Bertz CT molecular complexity index is 1040. The van der Waals surface area contributed by atoms with Gasteiger partial charge in [-0.3, -0.25) is 24.3 Å². The number of nitrogens with zero attached hydrogens (tertiary/aromatic N) is 4. The maximum atomic E-state index is 14.1. The van der Waals surface area contributed by atoms with E-state index < -0.39 is 6.04 Å². The van der Waals surface area contributed by atoms with Gasteiger partial charge in [0.1, 0.15) is 6.04 Å². The number of rotatable bonds is 6. The van der Waals surface area contributed by atoms with Crippen LogP contribution in [0.15, 0.2) is 18.3 Å². The maximum Gasteiger partial charge on any atom is 0.245 e. The maximum absolute atomic E-state index is 14.1. The van der Waals surface area contributed by atoms with Crippen LogP contribution in [-0.2, 0) is 19.1 Å². The number of aromatic nitrogens is 1. The number of carbonyl (C=O) groups excluding carboxylic acids is 3. The second-order valence-corrected chi connectivity index (χ2v) is 12.6.